The van der Waals surface area contributed by atoms with E-state index in [0.29, 0.717) is 6.61 Å². The summed E-state index contributed by atoms with van der Waals surface area (Å²) in [6, 6.07) is 3.95. The lowest BCUT2D eigenvalue weighted by Gasteiger charge is -2.16. The van der Waals surface area contributed by atoms with Crippen molar-refractivity contribution in [3.63, 3.8) is 0 Å². The number of nitrogens with two attached hydrogens (primary N) is 1. The molecule has 0 radical (unpaired) electrons. The molecule has 0 aromatic heterocycles. The highest BCUT2D eigenvalue weighted by atomic mass is 35.5. The molecule has 1 aromatic carbocycles. The minimum atomic E-state index is 0. The van der Waals surface area contributed by atoms with Gasteiger partial charge in [0.2, 0.25) is 0 Å². The fourth-order valence-electron chi connectivity index (χ4n) is 2.15. The van der Waals surface area contributed by atoms with Crippen molar-refractivity contribution >= 4 is 18.2 Å². The Balaban J connectivity index is 0.00000361. The van der Waals surface area contributed by atoms with Gasteiger partial charge in [0.15, 0.2) is 0 Å². The van der Waals surface area contributed by atoms with Crippen molar-refractivity contribution in [2.45, 2.75) is 39.5 Å². The van der Waals surface area contributed by atoms with E-state index in [4.69, 9.17) is 15.9 Å². The summed E-state index contributed by atoms with van der Waals surface area (Å²) in [5, 5.41) is 7.62. The molecular formula is C16H25ClN2O. The van der Waals surface area contributed by atoms with Crippen LogP contribution in [-0.4, -0.2) is 12.4 Å². The number of hydrogen-bond acceptors (Lipinski definition) is 2. The fraction of sp³-hybridized carbons (Fsp3) is 0.438. The molecule has 4 heteroatoms. The van der Waals surface area contributed by atoms with Crippen LogP contribution in [0.15, 0.2) is 24.8 Å². The molecule has 0 aliphatic carbocycles. The molecule has 0 aliphatic heterocycles. The number of benzene rings is 1. The monoisotopic (exact) mass is 296 g/mol. The first-order chi connectivity index (χ1) is 9.13. The summed E-state index contributed by atoms with van der Waals surface area (Å²) in [6.07, 6.45) is 5.70. The van der Waals surface area contributed by atoms with Crippen molar-refractivity contribution in [2.75, 3.05) is 6.61 Å². The van der Waals surface area contributed by atoms with Crippen molar-refractivity contribution < 1.29 is 4.74 Å². The molecule has 0 saturated carbocycles. The second-order valence-electron chi connectivity index (χ2n) is 4.64. The third-order valence-electron chi connectivity index (χ3n) is 2.94. The van der Waals surface area contributed by atoms with E-state index in [9.17, 15) is 0 Å². The van der Waals surface area contributed by atoms with Gasteiger partial charge in [-0.1, -0.05) is 39.3 Å². The Morgan fingerprint density at radius 2 is 1.75 bits per heavy atom. The predicted molar refractivity (Wildman–Crippen MR) is 88.4 cm³/mol. The molecular weight excluding hydrogens is 272 g/mol. The minimum absolute atomic E-state index is 0. The van der Waals surface area contributed by atoms with Crippen LogP contribution < -0.4 is 10.5 Å². The van der Waals surface area contributed by atoms with E-state index < -0.39 is 0 Å². The Bertz CT molecular complexity index is 431. The lowest BCUT2D eigenvalue weighted by molar-refractivity contribution is 0.354. The van der Waals surface area contributed by atoms with Crippen molar-refractivity contribution in [3.8, 4) is 5.75 Å². The molecule has 0 saturated heterocycles. The number of rotatable bonds is 8. The van der Waals surface area contributed by atoms with E-state index in [1.54, 1.807) is 6.08 Å². The molecule has 0 atom stereocenters. The summed E-state index contributed by atoms with van der Waals surface area (Å²) in [5.74, 6) is 1.07. The number of aryl methyl sites for hydroxylation is 2. The molecule has 0 aliphatic rings. The first-order valence-electron chi connectivity index (χ1n) is 6.87. The van der Waals surface area contributed by atoms with E-state index in [-0.39, 0.29) is 18.2 Å². The van der Waals surface area contributed by atoms with Gasteiger partial charge in [0.1, 0.15) is 18.2 Å². The van der Waals surface area contributed by atoms with Crippen LogP contribution >= 0.6 is 12.4 Å². The van der Waals surface area contributed by atoms with Crippen LogP contribution in [0.25, 0.3) is 0 Å². The molecule has 112 valence electrons. The highest BCUT2D eigenvalue weighted by Crippen LogP contribution is 2.28. The number of nitrogen functional groups attached to an aromatic ring is 1. The van der Waals surface area contributed by atoms with Crippen LogP contribution in [0.3, 0.4) is 0 Å². The third kappa shape index (κ3) is 4.89. The van der Waals surface area contributed by atoms with E-state index in [2.05, 4.69) is 20.4 Å². The molecule has 20 heavy (non-hydrogen) atoms. The molecule has 1 rings (SSSR count). The van der Waals surface area contributed by atoms with Gasteiger partial charge < -0.3 is 10.5 Å². The number of amidine groups is 1. The Morgan fingerprint density at radius 3 is 2.10 bits per heavy atom. The number of ether oxygens (including phenoxy) is 1. The summed E-state index contributed by atoms with van der Waals surface area (Å²) in [7, 11) is 0. The topological polar surface area (TPSA) is 59.1 Å². The molecule has 0 heterocycles. The van der Waals surface area contributed by atoms with Crippen LogP contribution in [0.1, 0.15) is 43.4 Å². The molecule has 0 fully saturated rings. The van der Waals surface area contributed by atoms with Gasteiger partial charge in [0, 0.05) is 5.56 Å². The average Bonchev–Trinajstić information content (AvgIpc) is 2.38. The molecule has 0 bridgehead atoms. The smallest absolute Gasteiger partial charge is 0.126 e. The highest BCUT2D eigenvalue weighted by Gasteiger charge is 2.12. The standard InChI is InChI=1S/C16H24N2O.ClH/c1-4-7-12-10-14(16(17)18)11-13(8-5-2)15(12)19-9-6-3;/h6,10-11H,3-5,7-9H2,1-2H3,(H3,17,18);1H. The summed E-state index contributed by atoms with van der Waals surface area (Å²) < 4.78 is 5.83. The van der Waals surface area contributed by atoms with E-state index >= 15 is 0 Å². The molecule has 0 amide bonds. The minimum Gasteiger partial charge on any atom is -0.489 e. The lowest BCUT2D eigenvalue weighted by Crippen LogP contribution is -2.13. The van der Waals surface area contributed by atoms with Gasteiger partial charge >= 0.3 is 0 Å². The molecule has 3 nitrogen and oxygen atoms in total. The van der Waals surface area contributed by atoms with Gasteiger partial charge in [-0.05, 0) is 36.1 Å². The van der Waals surface area contributed by atoms with Crippen LogP contribution in [0.5, 0.6) is 5.75 Å². The zero-order chi connectivity index (χ0) is 14.3. The van der Waals surface area contributed by atoms with E-state index in [0.717, 1.165) is 48.1 Å². The first-order valence-corrected chi connectivity index (χ1v) is 6.87. The van der Waals surface area contributed by atoms with Crippen molar-refractivity contribution in [1.82, 2.24) is 0 Å². The van der Waals surface area contributed by atoms with Crippen molar-refractivity contribution in [2.24, 2.45) is 5.73 Å². The number of hydrogen-bond donors (Lipinski definition) is 2. The van der Waals surface area contributed by atoms with Gasteiger partial charge in [-0.3, -0.25) is 5.41 Å². The van der Waals surface area contributed by atoms with Crippen molar-refractivity contribution in [3.05, 3.63) is 41.5 Å². The van der Waals surface area contributed by atoms with E-state index in [1.165, 1.54) is 0 Å². The third-order valence-corrected chi connectivity index (χ3v) is 2.94. The molecule has 0 spiro atoms. The van der Waals surface area contributed by atoms with Crippen LogP contribution in [0.4, 0.5) is 0 Å². The summed E-state index contributed by atoms with van der Waals surface area (Å²) in [4.78, 5) is 0. The Kier molecular flexibility index (Phi) is 8.73. The van der Waals surface area contributed by atoms with Crippen LogP contribution in [0, 0.1) is 5.41 Å². The van der Waals surface area contributed by atoms with Gasteiger partial charge in [0.25, 0.3) is 0 Å². The maximum atomic E-state index is 7.62. The Hall–Kier alpha value is -1.48. The second kappa shape index (κ2) is 9.43. The molecule has 0 unspecified atom stereocenters. The summed E-state index contributed by atoms with van der Waals surface area (Å²) in [5.41, 5.74) is 8.69. The van der Waals surface area contributed by atoms with Gasteiger partial charge in [-0.25, -0.2) is 0 Å². The maximum Gasteiger partial charge on any atom is 0.126 e. The number of nitrogens with one attached hydrogen (secondary N) is 1. The van der Waals surface area contributed by atoms with Gasteiger partial charge in [0.05, 0.1) is 0 Å². The summed E-state index contributed by atoms with van der Waals surface area (Å²) >= 11 is 0. The summed E-state index contributed by atoms with van der Waals surface area (Å²) in [6.45, 7) is 8.47. The fourth-order valence-corrected chi connectivity index (χ4v) is 2.15. The zero-order valence-electron chi connectivity index (χ0n) is 12.4. The maximum absolute atomic E-state index is 7.62. The zero-order valence-corrected chi connectivity index (χ0v) is 13.2. The Labute approximate surface area is 128 Å². The van der Waals surface area contributed by atoms with Gasteiger partial charge in [-0.15, -0.1) is 12.4 Å². The second-order valence-corrected chi connectivity index (χ2v) is 4.64. The molecule has 1 aromatic rings. The van der Waals surface area contributed by atoms with E-state index in [1.807, 2.05) is 12.1 Å². The normalized spacial score (nSPS) is 9.70. The quantitative estimate of drug-likeness (QED) is 0.435. The lowest BCUT2D eigenvalue weighted by atomic mass is 9.97. The van der Waals surface area contributed by atoms with Crippen molar-refractivity contribution in [1.29, 1.82) is 5.41 Å². The first kappa shape index (κ1) is 18.5. The van der Waals surface area contributed by atoms with Crippen LogP contribution in [0.2, 0.25) is 0 Å². The van der Waals surface area contributed by atoms with Crippen LogP contribution in [-0.2, 0) is 12.8 Å². The Morgan fingerprint density at radius 1 is 1.25 bits per heavy atom. The van der Waals surface area contributed by atoms with Gasteiger partial charge in [-0.2, -0.15) is 0 Å². The SMILES string of the molecule is C=CCOc1c(CCC)cc(C(=N)N)cc1CCC.Cl. The average molecular weight is 297 g/mol. The highest BCUT2D eigenvalue weighted by molar-refractivity contribution is 5.95. The largest absolute Gasteiger partial charge is 0.489 e. The molecule has 3 N–H and O–H groups in total. The predicted octanol–water partition coefficient (Wildman–Crippen LogP) is 3.86. The number of halogens is 1.